The van der Waals surface area contributed by atoms with Crippen LogP contribution in [0.25, 0.3) is 11.2 Å². The number of hydrogen-bond donors (Lipinski definition) is 8. The van der Waals surface area contributed by atoms with E-state index in [4.69, 9.17) is 34.7 Å². The van der Waals surface area contributed by atoms with E-state index in [0.29, 0.717) is 4.57 Å². The van der Waals surface area contributed by atoms with Crippen LogP contribution in [-0.4, -0.2) is 129 Å². The zero-order chi connectivity index (χ0) is 44.4. The molecule has 29 heteroatoms. The summed E-state index contributed by atoms with van der Waals surface area (Å²) in [4.78, 5) is 83.8. The van der Waals surface area contributed by atoms with Gasteiger partial charge in [0.2, 0.25) is 12.3 Å². The van der Waals surface area contributed by atoms with Crippen molar-refractivity contribution >= 4 is 50.3 Å². The number of allylic oxidation sites excluding steroid dienone is 1. The molecule has 0 aromatic carbocycles. The summed E-state index contributed by atoms with van der Waals surface area (Å²) in [7, 11) is -9.81. The summed E-state index contributed by atoms with van der Waals surface area (Å²) in [6.07, 6.45) is -11.6. The molecule has 1 amide bonds. The number of phosphoric ester groups is 2. The quantitative estimate of drug-likeness (QED) is 0.0250. The van der Waals surface area contributed by atoms with E-state index >= 15 is 0 Å². The van der Waals surface area contributed by atoms with Crippen LogP contribution in [0.2, 0.25) is 0 Å². The predicted octanol–water partition coefficient (Wildman–Crippen LogP) is -0.188. The summed E-state index contributed by atoms with van der Waals surface area (Å²) in [6, 6.07) is -0.355. The number of halogens is 2. The monoisotopic (exact) mass is 899 g/mol. The molecule has 25 nitrogen and oxygen atoms in total. The molecule has 1 aliphatic heterocycles. The minimum absolute atomic E-state index is 0.0172. The van der Waals surface area contributed by atoms with Gasteiger partial charge in [0.05, 0.1) is 19.5 Å². The summed E-state index contributed by atoms with van der Waals surface area (Å²) in [5, 5.41) is 25.2. The van der Waals surface area contributed by atoms with Gasteiger partial charge in [-0.05, 0) is 25.3 Å². The lowest BCUT2D eigenvalue weighted by Gasteiger charge is -2.31. The van der Waals surface area contributed by atoms with Crippen molar-refractivity contribution in [2.45, 2.75) is 94.0 Å². The molecule has 3 aromatic heterocycles. The molecule has 9 atom stereocenters. The number of amides is 1. The largest absolute Gasteiger partial charge is 0.472 e. The number of unbranched alkanes of at least 4 members (excludes halogenated alkanes) is 1. The normalized spacial score (nSPS) is 21.3. The maximum atomic E-state index is 13.7. The molecule has 60 heavy (non-hydrogen) atoms. The van der Waals surface area contributed by atoms with Crippen molar-refractivity contribution in [3.05, 3.63) is 48.1 Å². The van der Waals surface area contributed by atoms with Gasteiger partial charge in [0.15, 0.2) is 30.0 Å². The van der Waals surface area contributed by atoms with E-state index in [2.05, 4.69) is 36.4 Å². The number of rotatable bonds is 24. The van der Waals surface area contributed by atoms with Crippen molar-refractivity contribution in [2.24, 2.45) is 0 Å². The lowest BCUT2D eigenvalue weighted by Crippen LogP contribution is -2.46. The first kappa shape index (κ1) is 48.3. The fourth-order valence-corrected chi connectivity index (χ4v) is 7.11. The molecule has 1 fully saturated rings. The summed E-state index contributed by atoms with van der Waals surface area (Å²) < 4.78 is 83.9. The second-order valence-corrected chi connectivity index (χ2v) is 15.7. The van der Waals surface area contributed by atoms with Gasteiger partial charge in [0.1, 0.15) is 48.1 Å². The highest BCUT2D eigenvalue weighted by Crippen LogP contribution is 2.48. The van der Waals surface area contributed by atoms with Crippen LogP contribution < -0.4 is 22.5 Å². The number of nitrogen functional groups attached to an aromatic ring is 2. The smallest absolute Gasteiger partial charge is 0.455 e. The molecular weight excluding hydrogens is 854 g/mol. The van der Waals surface area contributed by atoms with Crippen molar-refractivity contribution in [1.82, 2.24) is 34.4 Å². The number of esters is 1. The van der Waals surface area contributed by atoms with Gasteiger partial charge >= 0.3 is 27.3 Å². The van der Waals surface area contributed by atoms with Gasteiger partial charge in [-0.25, -0.2) is 42.5 Å². The molecule has 0 radical (unpaired) electrons. The highest BCUT2D eigenvalue weighted by Gasteiger charge is 2.50. The molecule has 10 N–H and O–H groups in total. The van der Waals surface area contributed by atoms with Crippen LogP contribution in [0.3, 0.4) is 0 Å². The molecule has 1 saturated heterocycles. The number of methoxy groups -OCH3 is 1. The molecule has 334 valence electrons. The Bertz CT molecular complexity index is 2090. The van der Waals surface area contributed by atoms with Crippen LogP contribution in [0.5, 0.6) is 0 Å². The molecule has 4 heterocycles. The molecule has 4 rings (SSSR count). The van der Waals surface area contributed by atoms with Crippen LogP contribution in [0.4, 0.5) is 20.4 Å². The first-order valence-corrected chi connectivity index (χ1v) is 20.8. The molecule has 1 aliphatic rings. The van der Waals surface area contributed by atoms with Crippen molar-refractivity contribution in [3.63, 3.8) is 0 Å². The number of nitrogens with zero attached hydrogens (tertiary/aromatic N) is 6. The predicted molar refractivity (Wildman–Crippen MR) is 199 cm³/mol. The Balaban J connectivity index is 1.64. The third kappa shape index (κ3) is 13.3. The SMILES string of the molecule is C=CCCC(=O)N[C@@H](CCCCC(F)F)C(=O)O[C@H]1[C@@H](O)[C@H](n2cnc3c(N)ncnc32)O[C@@H]1COP(=O)(O)O[C@@H]([C@@H](O)n1ccc(N)nc1=O)[C@@H](COP(=O)(O)O)OC. The second-order valence-electron chi connectivity index (χ2n) is 13.0. The van der Waals surface area contributed by atoms with Crippen molar-refractivity contribution in [2.75, 3.05) is 31.8 Å². The lowest BCUT2D eigenvalue weighted by molar-refractivity contribution is -0.160. The number of anilines is 2. The van der Waals surface area contributed by atoms with E-state index in [0.717, 1.165) is 32.0 Å². The van der Waals surface area contributed by atoms with Gasteiger partial charge in [0, 0.05) is 26.1 Å². The zero-order valence-electron chi connectivity index (χ0n) is 31.7. The van der Waals surface area contributed by atoms with Crippen LogP contribution in [0.15, 0.2) is 42.4 Å². The van der Waals surface area contributed by atoms with E-state index in [1.54, 1.807) is 0 Å². The fourth-order valence-electron chi connectivity index (χ4n) is 5.82. The Morgan fingerprint density at radius 1 is 1.13 bits per heavy atom. The number of aliphatic hydroxyl groups excluding tert-OH is 2. The number of hydrogen-bond acceptors (Lipinski definition) is 19. The van der Waals surface area contributed by atoms with E-state index < -0.39 is 108 Å². The number of ether oxygens (including phenoxy) is 3. The Morgan fingerprint density at radius 2 is 1.85 bits per heavy atom. The molecule has 0 aliphatic carbocycles. The van der Waals surface area contributed by atoms with Crippen LogP contribution in [0, 0.1) is 0 Å². The minimum atomic E-state index is -5.55. The number of nitrogens with two attached hydrogens (primary N) is 2. The number of alkyl halides is 2. The molecule has 1 unspecified atom stereocenters. The average Bonchev–Trinajstić information content (AvgIpc) is 3.74. The summed E-state index contributed by atoms with van der Waals surface area (Å²) in [5.41, 5.74) is 10.3. The number of imidazole rings is 1. The summed E-state index contributed by atoms with van der Waals surface area (Å²) in [6.45, 7) is 1.39. The number of aliphatic hydroxyl groups is 2. The van der Waals surface area contributed by atoms with Gasteiger partial charge in [0.25, 0.3) is 0 Å². The number of aromatic nitrogens is 6. The maximum absolute atomic E-state index is 13.7. The molecule has 0 spiro atoms. The topological polar surface area (TPSA) is 367 Å². The lowest BCUT2D eigenvalue weighted by atomic mass is 10.1. The molecule has 0 bridgehead atoms. The Labute approximate surface area is 338 Å². The molecule has 3 aromatic rings. The van der Waals surface area contributed by atoms with E-state index in [9.17, 15) is 57.2 Å². The highest BCUT2D eigenvalue weighted by molar-refractivity contribution is 7.47. The number of nitrogens with one attached hydrogen (secondary N) is 1. The maximum Gasteiger partial charge on any atom is 0.472 e. The van der Waals surface area contributed by atoms with Crippen LogP contribution in [0.1, 0.15) is 51.0 Å². The van der Waals surface area contributed by atoms with Gasteiger partial charge in [-0.2, -0.15) is 4.98 Å². The zero-order valence-corrected chi connectivity index (χ0v) is 33.5. The standard InChI is InChI=1S/C31H45F2N9O16P2/c1-3-4-9-21(43)39-16(7-5-6-8-19(32)33)30(46)57-24-18(56-29(23(24)44)42-15-38-22-26(35)36-14-37-27(22)42)13-55-60(51,52)58-25(17(53-2)12-54-59(48,49)50)28(45)41-11-10-20(34)40-31(41)47/h3,10-11,14-19,23-25,28-29,44-45H,1,4-9,12-13H2,2H3,(H,39,43)(H,51,52)(H2,34,40,47)(H2,35,36,37)(H2,48,49,50)/t16-,17+,18+,23+,24+,25+,28+,29+/m0/s1. The van der Waals surface area contributed by atoms with Gasteiger partial charge in [-0.3, -0.25) is 27.5 Å². The van der Waals surface area contributed by atoms with E-state index in [1.165, 1.54) is 10.6 Å². The number of phosphoric acid groups is 2. The van der Waals surface area contributed by atoms with E-state index in [1.807, 2.05) is 0 Å². The van der Waals surface area contributed by atoms with E-state index in [-0.39, 0.29) is 54.9 Å². The third-order valence-electron chi connectivity index (χ3n) is 8.75. The number of fused-ring (bicyclic) bond motifs is 1. The minimum Gasteiger partial charge on any atom is -0.455 e. The van der Waals surface area contributed by atoms with Gasteiger partial charge in [-0.1, -0.05) is 12.5 Å². The average molecular weight is 900 g/mol. The number of carbonyl (C=O) groups excluding carboxylic acids is 2. The van der Waals surface area contributed by atoms with Crippen LogP contribution >= 0.6 is 15.6 Å². The summed E-state index contributed by atoms with van der Waals surface area (Å²) in [5.74, 6) is -2.09. The second kappa shape index (κ2) is 21.4. The number of carbonyl (C=O) groups is 2. The van der Waals surface area contributed by atoms with Gasteiger partial charge < -0.3 is 55.9 Å². The molecule has 0 saturated carbocycles. The first-order valence-electron chi connectivity index (χ1n) is 17.8. The van der Waals surface area contributed by atoms with Crippen molar-refractivity contribution in [3.8, 4) is 0 Å². The molecular formula is C31H45F2N9O16P2. The Hall–Kier alpha value is -4.37. The Kier molecular flexibility index (Phi) is 17.2. The summed E-state index contributed by atoms with van der Waals surface area (Å²) >= 11 is 0. The van der Waals surface area contributed by atoms with Crippen LogP contribution in [-0.2, 0) is 46.5 Å². The van der Waals surface area contributed by atoms with Crippen molar-refractivity contribution in [1.29, 1.82) is 0 Å². The third-order valence-corrected chi connectivity index (χ3v) is 10.2. The Morgan fingerprint density at radius 3 is 2.50 bits per heavy atom. The highest BCUT2D eigenvalue weighted by atomic mass is 31.2. The van der Waals surface area contributed by atoms with Crippen molar-refractivity contribution < 1.29 is 80.2 Å². The first-order chi connectivity index (χ1) is 28.2. The van der Waals surface area contributed by atoms with Gasteiger partial charge in [-0.15, -0.1) is 6.58 Å². The fraction of sp³-hybridized carbons (Fsp3) is 0.581.